The molecule has 112 valence electrons. The number of benzene rings is 2. The lowest BCUT2D eigenvalue weighted by atomic mass is 10.0. The maximum absolute atomic E-state index is 14.1. The van der Waals surface area contributed by atoms with E-state index in [1.807, 2.05) is 6.92 Å². The van der Waals surface area contributed by atoms with Crippen LogP contribution in [-0.2, 0) is 6.54 Å². The number of hydrogen-bond donors (Lipinski definition) is 1. The highest BCUT2D eigenvalue weighted by molar-refractivity contribution is 9.10. The van der Waals surface area contributed by atoms with Crippen LogP contribution in [0.3, 0.4) is 0 Å². The summed E-state index contributed by atoms with van der Waals surface area (Å²) in [6.45, 7) is 3.39. The molecule has 0 heterocycles. The summed E-state index contributed by atoms with van der Waals surface area (Å²) in [5.41, 5.74) is 0.361. The number of halogens is 4. The SMILES string of the molecule is CCCNCc1ccc(F)c(-c2c(F)ccc(Br)c2F)c1. The van der Waals surface area contributed by atoms with E-state index in [9.17, 15) is 13.2 Å². The van der Waals surface area contributed by atoms with E-state index in [4.69, 9.17) is 0 Å². The molecule has 5 heteroatoms. The summed E-state index contributed by atoms with van der Waals surface area (Å²) < 4.78 is 42.1. The Labute approximate surface area is 130 Å². The first-order valence-electron chi connectivity index (χ1n) is 6.67. The van der Waals surface area contributed by atoms with Crippen molar-refractivity contribution in [2.75, 3.05) is 6.54 Å². The Morgan fingerprint density at radius 2 is 1.76 bits per heavy atom. The second kappa shape index (κ2) is 7.09. The van der Waals surface area contributed by atoms with Crippen molar-refractivity contribution in [1.82, 2.24) is 5.32 Å². The molecular weight excluding hydrogens is 343 g/mol. The fourth-order valence-corrected chi connectivity index (χ4v) is 2.39. The minimum absolute atomic E-state index is 0.0675. The smallest absolute Gasteiger partial charge is 0.148 e. The van der Waals surface area contributed by atoms with E-state index in [-0.39, 0.29) is 15.6 Å². The van der Waals surface area contributed by atoms with Gasteiger partial charge in [0.15, 0.2) is 0 Å². The number of nitrogens with one attached hydrogen (secondary N) is 1. The lowest BCUT2D eigenvalue weighted by molar-refractivity contribution is 0.578. The topological polar surface area (TPSA) is 12.0 Å². The van der Waals surface area contributed by atoms with Crippen molar-refractivity contribution in [3.05, 3.63) is 57.8 Å². The van der Waals surface area contributed by atoms with Crippen LogP contribution in [-0.4, -0.2) is 6.54 Å². The second-order valence-electron chi connectivity index (χ2n) is 4.71. The molecule has 0 saturated heterocycles. The highest BCUT2D eigenvalue weighted by Gasteiger charge is 2.18. The van der Waals surface area contributed by atoms with Gasteiger partial charge in [0.05, 0.1) is 10.0 Å². The monoisotopic (exact) mass is 357 g/mol. The summed E-state index contributed by atoms with van der Waals surface area (Å²) >= 11 is 3.00. The van der Waals surface area contributed by atoms with Crippen LogP contribution in [0, 0.1) is 17.5 Å². The Bertz CT molecular complexity index is 644. The van der Waals surface area contributed by atoms with Gasteiger partial charge in [-0.2, -0.15) is 0 Å². The van der Waals surface area contributed by atoms with Crippen molar-refractivity contribution in [2.45, 2.75) is 19.9 Å². The lowest BCUT2D eigenvalue weighted by Gasteiger charge is -2.10. The molecule has 0 aliphatic carbocycles. The Morgan fingerprint density at radius 1 is 1.05 bits per heavy atom. The van der Waals surface area contributed by atoms with Gasteiger partial charge in [0.1, 0.15) is 17.5 Å². The van der Waals surface area contributed by atoms with E-state index in [1.54, 1.807) is 6.07 Å². The normalized spacial score (nSPS) is 10.9. The highest BCUT2D eigenvalue weighted by Crippen LogP contribution is 2.32. The zero-order valence-corrected chi connectivity index (χ0v) is 13.1. The molecule has 2 rings (SSSR count). The van der Waals surface area contributed by atoms with E-state index >= 15 is 0 Å². The Balaban J connectivity index is 2.44. The third-order valence-corrected chi connectivity index (χ3v) is 3.71. The zero-order chi connectivity index (χ0) is 15.4. The molecule has 1 N–H and O–H groups in total. The molecule has 0 spiro atoms. The highest BCUT2D eigenvalue weighted by atomic mass is 79.9. The van der Waals surface area contributed by atoms with Gasteiger partial charge in [-0.15, -0.1) is 0 Å². The molecule has 1 nitrogen and oxygen atoms in total. The van der Waals surface area contributed by atoms with Crippen molar-refractivity contribution in [2.24, 2.45) is 0 Å². The number of hydrogen-bond acceptors (Lipinski definition) is 1. The average molecular weight is 358 g/mol. The first kappa shape index (κ1) is 16.0. The van der Waals surface area contributed by atoms with E-state index in [0.717, 1.165) is 24.6 Å². The molecule has 2 aromatic carbocycles. The van der Waals surface area contributed by atoms with Gasteiger partial charge in [0.25, 0.3) is 0 Å². The molecule has 0 amide bonds. The van der Waals surface area contributed by atoms with Crippen LogP contribution in [0.1, 0.15) is 18.9 Å². The molecule has 0 atom stereocenters. The van der Waals surface area contributed by atoms with Crippen LogP contribution in [0.25, 0.3) is 11.1 Å². The van der Waals surface area contributed by atoms with Gasteiger partial charge < -0.3 is 5.32 Å². The van der Waals surface area contributed by atoms with Gasteiger partial charge in [0, 0.05) is 12.1 Å². The molecule has 0 aromatic heterocycles. The van der Waals surface area contributed by atoms with Gasteiger partial charge in [-0.25, -0.2) is 13.2 Å². The van der Waals surface area contributed by atoms with Gasteiger partial charge in [-0.05, 0) is 58.7 Å². The Kier molecular flexibility index (Phi) is 5.42. The summed E-state index contributed by atoms with van der Waals surface area (Å²) in [5.74, 6) is -2.23. The van der Waals surface area contributed by atoms with Crippen LogP contribution in [0.15, 0.2) is 34.8 Å². The second-order valence-corrected chi connectivity index (χ2v) is 5.56. The van der Waals surface area contributed by atoms with Crippen molar-refractivity contribution >= 4 is 15.9 Å². The van der Waals surface area contributed by atoms with Crippen LogP contribution >= 0.6 is 15.9 Å². The van der Waals surface area contributed by atoms with Crippen molar-refractivity contribution in [3.63, 3.8) is 0 Å². The van der Waals surface area contributed by atoms with Crippen LogP contribution in [0.2, 0.25) is 0 Å². The lowest BCUT2D eigenvalue weighted by Crippen LogP contribution is -2.13. The van der Waals surface area contributed by atoms with Gasteiger partial charge in [-0.1, -0.05) is 13.0 Å². The van der Waals surface area contributed by atoms with Crippen LogP contribution in [0.4, 0.5) is 13.2 Å². The maximum atomic E-state index is 14.1. The molecule has 0 saturated carbocycles. The van der Waals surface area contributed by atoms with Gasteiger partial charge in [0.2, 0.25) is 0 Å². The molecule has 0 aliphatic rings. The van der Waals surface area contributed by atoms with Gasteiger partial charge >= 0.3 is 0 Å². The summed E-state index contributed by atoms with van der Waals surface area (Å²) in [6, 6.07) is 6.70. The molecule has 0 fully saturated rings. The fraction of sp³-hybridized carbons (Fsp3) is 0.250. The molecular formula is C16H15BrF3N. The summed E-state index contributed by atoms with van der Waals surface area (Å²) in [7, 11) is 0. The molecule has 0 aliphatic heterocycles. The standard InChI is InChI=1S/C16H15BrF3N/c1-2-7-21-9-10-3-5-13(18)11(8-10)15-14(19)6-4-12(17)16(15)20/h3-6,8,21H,2,7,9H2,1H3. The van der Waals surface area contributed by atoms with E-state index in [0.29, 0.717) is 6.54 Å². The van der Waals surface area contributed by atoms with E-state index in [2.05, 4.69) is 21.2 Å². The third-order valence-electron chi connectivity index (χ3n) is 3.10. The van der Waals surface area contributed by atoms with Gasteiger partial charge in [-0.3, -0.25) is 0 Å². The molecule has 21 heavy (non-hydrogen) atoms. The first-order valence-corrected chi connectivity index (χ1v) is 7.47. The predicted octanol–water partition coefficient (Wildman–Crippen LogP) is 5.03. The first-order chi connectivity index (χ1) is 10.0. The predicted molar refractivity (Wildman–Crippen MR) is 81.4 cm³/mol. The van der Waals surface area contributed by atoms with Crippen molar-refractivity contribution < 1.29 is 13.2 Å². The Hall–Kier alpha value is -1.33. The molecule has 0 radical (unpaired) electrons. The minimum Gasteiger partial charge on any atom is -0.313 e. The quantitative estimate of drug-likeness (QED) is 0.584. The zero-order valence-electron chi connectivity index (χ0n) is 11.5. The van der Waals surface area contributed by atoms with E-state index in [1.165, 1.54) is 18.2 Å². The average Bonchev–Trinajstić information content (AvgIpc) is 2.46. The summed E-state index contributed by atoms with van der Waals surface area (Å²) in [5, 5.41) is 3.17. The number of rotatable bonds is 5. The molecule has 0 unspecified atom stereocenters. The third kappa shape index (κ3) is 3.66. The fourth-order valence-electron chi connectivity index (χ4n) is 2.06. The largest absolute Gasteiger partial charge is 0.313 e. The van der Waals surface area contributed by atoms with Crippen molar-refractivity contribution in [3.8, 4) is 11.1 Å². The van der Waals surface area contributed by atoms with Crippen LogP contribution in [0.5, 0.6) is 0 Å². The molecule has 0 bridgehead atoms. The Morgan fingerprint density at radius 3 is 2.48 bits per heavy atom. The summed E-state index contributed by atoms with van der Waals surface area (Å²) in [6.07, 6.45) is 0.975. The summed E-state index contributed by atoms with van der Waals surface area (Å²) in [4.78, 5) is 0. The molecule has 2 aromatic rings. The van der Waals surface area contributed by atoms with Crippen LogP contribution < -0.4 is 5.32 Å². The van der Waals surface area contributed by atoms with E-state index < -0.39 is 17.5 Å². The maximum Gasteiger partial charge on any atom is 0.148 e. The minimum atomic E-state index is -0.799. The van der Waals surface area contributed by atoms with Crippen molar-refractivity contribution in [1.29, 1.82) is 0 Å².